The number of fused-ring (bicyclic) bond motifs is 1. The molecule has 0 atom stereocenters. The second-order valence-electron chi connectivity index (χ2n) is 6.55. The molecule has 0 saturated carbocycles. The van der Waals surface area contributed by atoms with Crippen molar-refractivity contribution in [1.82, 2.24) is 0 Å². The molecule has 5 nitrogen and oxygen atoms in total. The molecular formula is C21H22N2O3. The van der Waals surface area contributed by atoms with Gasteiger partial charge in [0.2, 0.25) is 5.91 Å². The summed E-state index contributed by atoms with van der Waals surface area (Å²) in [6, 6.07) is 13.8. The van der Waals surface area contributed by atoms with Gasteiger partial charge in [-0.05, 0) is 54.5 Å². The number of carbonyl (C=O) groups is 1. The van der Waals surface area contributed by atoms with E-state index in [9.17, 15) is 4.79 Å². The Bertz CT molecular complexity index is 860. The molecule has 4 rings (SSSR count). The first-order chi connectivity index (χ1) is 12.7. The van der Waals surface area contributed by atoms with Crippen molar-refractivity contribution in [3.63, 3.8) is 0 Å². The Hall–Kier alpha value is -2.95. The van der Waals surface area contributed by atoms with Gasteiger partial charge in [-0.25, -0.2) is 0 Å². The third kappa shape index (κ3) is 3.38. The van der Waals surface area contributed by atoms with Crippen molar-refractivity contribution in [3.05, 3.63) is 53.6 Å². The molecule has 0 aromatic heterocycles. The topological polar surface area (TPSA) is 50.8 Å². The highest BCUT2D eigenvalue weighted by Gasteiger charge is 2.21. The smallest absolute Gasteiger partial charge is 0.227 e. The van der Waals surface area contributed by atoms with Crippen LogP contribution in [0.3, 0.4) is 0 Å². The van der Waals surface area contributed by atoms with Gasteiger partial charge in [0, 0.05) is 36.4 Å². The van der Waals surface area contributed by atoms with Gasteiger partial charge >= 0.3 is 0 Å². The van der Waals surface area contributed by atoms with Crippen LogP contribution in [0.15, 0.2) is 48.0 Å². The van der Waals surface area contributed by atoms with E-state index in [1.54, 1.807) is 7.11 Å². The van der Waals surface area contributed by atoms with Gasteiger partial charge in [-0.1, -0.05) is 6.07 Å². The second-order valence-corrected chi connectivity index (χ2v) is 6.55. The van der Waals surface area contributed by atoms with Crippen molar-refractivity contribution < 1.29 is 14.3 Å². The second kappa shape index (κ2) is 7.12. The Morgan fingerprint density at radius 1 is 1.23 bits per heavy atom. The summed E-state index contributed by atoms with van der Waals surface area (Å²) in [4.78, 5) is 13.8. The van der Waals surface area contributed by atoms with Crippen LogP contribution in [0.1, 0.15) is 18.4 Å². The monoisotopic (exact) mass is 350 g/mol. The van der Waals surface area contributed by atoms with Crippen molar-refractivity contribution in [2.24, 2.45) is 0 Å². The molecule has 0 unspecified atom stereocenters. The summed E-state index contributed by atoms with van der Waals surface area (Å²) in [5, 5.41) is 3.43. The molecule has 2 aliphatic rings. The van der Waals surface area contributed by atoms with Crippen molar-refractivity contribution in [1.29, 1.82) is 0 Å². The molecule has 2 aromatic carbocycles. The van der Waals surface area contributed by atoms with Crippen molar-refractivity contribution >= 4 is 23.4 Å². The van der Waals surface area contributed by atoms with E-state index >= 15 is 0 Å². The van der Waals surface area contributed by atoms with E-state index in [4.69, 9.17) is 9.47 Å². The molecule has 1 amide bonds. The summed E-state index contributed by atoms with van der Waals surface area (Å²) in [7, 11) is 1.66. The fourth-order valence-corrected chi connectivity index (χ4v) is 3.35. The number of methoxy groups -OCH3 is 1. The van der Waals surface area contributed by atoms with Crippen LogP contribution >= 0.6 is 0 Å². The minimum Gasteiger partial charge on any atom is -0.497 e. The normalized spacial score (nSPS) is 16.0. The van der Waals surface area contributed by atoms with Crippen LogP contribution in [0, 0.1) is 0 Å². The third-order valence-corrected chi connectivity index (χ3v) is 4.74. The van der Waals surface area contributed by atoms with Gasteiger partial charge in [0.1, 0.15) is 18.1 Å². The summed E-state index contributed by atoms with van der Waals surface area (Å²) < 4.78 is 11.1. The standard InChI is InChI=1S/C21H22N2O3/c1-25-19-7-8-20-16(11-19)10-15(14-26-20)13-22-17-4-2-5-18(12-17)23-9-3-6-21(23)24/h2,4-5,7-8,10-12,22H,3,6,9,13-14H2,1H3. The van der Waals surface area contributed by atoms with Gasteiger partial charge in [0.25, 0.3) is 0 Å². The molecule has 0 bridgehead atoms. The molecule has 0 spiro atoms. The maximum absolute atomic E-state index is 11.9. The third-order valence-electron chi connectivity index (χ3n) is 4.74. The summed E-state index contributed by atoms with van der Waals surface area (Å²) in [5.41, 5.74) is 4.15. The zero-order chi connectivity index (χ0) is 17.9. The number of nitrogens with one attached hydrogen (secondary N) is 1. The average Bonchev–Trinajstić information content (AvgIpc) is 3.12. The summed E-state index contributed by atoms with van der Waals surface area (Å²) in [6.45, 7) is 2.06. The Balaban J connectivity index is 1.46. The van der Waals surface area contributed by atoms with Crippen LogP contribution in [-0.2, 0) is 4.79 Å². The fourth-order valence-electron chi connectivity index (χ4n) is 3.35. The Labute approximate surface area is 153 Å². The quantitative estimate of drug-likeness (QED) is 0.893. The fraction of sp³-hybridized carbons (Fsp3) is 0.286. The molecule has 1 N–H and O–H groups in total. The van der Waals surface area contributed by atoms with Crippen LogP contribution in [0.5, 0.6) is 11.5 Å². The molecule has 0 radical (unpaired) electrons. The number of rotatable bonds is 5. The largest absolute Gasteiger partial charge is 0.497 e. The van der Waals surface area contributed by atoms with Crippen molar-refractivity contribution in [2.45, 2.75) is 12.8 Å². The Morgan fingerprint density at radius 2 is 2.15 bits per heavy atom. The first-order valence-electron chi connectivity index (χ1n) is 8.87. The van der Waals surface area contributed by atoms with E-state index in [1.165, 1.54) is 0 Å². The lowest BCUT2D eigenvalue weighted by Gasteiger charge is -2.20. The molecule has 0 aliphatic carbocycles. The predicted octanol–water partition coefficient (Wildman–Crippen LogP) is 3.71. The van der Waals surface area contributed by atoms with E-state index in [1.807, 2.05) is 47.4 Å². The summed E-state index contributed by atoms with van der Waals surface area (Å²) in [6.07, 6.45) is 3.72. The molecule has 2 aromatic rings. The van der Waals surface area contributed by atoms with Crippen LogP contribution in [0.2, 0.25) is 0 Å². The average molecular weight is 350 g/mol. The van der Waals surface area contributed by atoms with Crippen LogP contribution in [0.4, 0.5) is 11.4 Å². The van der Waals surface area contributed by atoms with Gasteiger partial charge in [-0.2, -0.15) is 0 Å². The highest BCUT2D eigenvalue weighted by Crippen LogP contribution is 2.30. The first-order valence-corrected chi connectivity index (χ1v) is 8.87. The minimum atomic E-state index is 0.205. The van der Waals surface area contributed by atoms with E-state index in [2.05, 4.69) is 11.4 Å². The summed E-state index contributed by atoms with van der Waals surface area (Å²) >= 11 is 0. The number of nitrogens with zero attached hydrogens (tertiary/aromatic N) is 1. The van der Waals surface area contributed by atoms with E-state index in [-0.39, 0.29) is 5.91 Å². The zero-order valence-electron chi connectivity index (χ0n) is 14.8. The highest BCUT2D eigenvalue weighted by atomic mass is 16.5. The van der Waals surface area contributed by atoms with Crippen LogP contribution in [-0.4, -0.2) is 32.7 Å². The molecule has 2 heterocycles. The lowest BCUT2D eigenvalue weighted by Crippen LogP contribution is -2.23. The summed E-state index contributed by atoms with van der Waals surface area (Å²) in [5.74, 6) is 1.90. The van der Waals surface area contributed by atoms with Gasteiger partial charge in [-0.15, -0.1) is 0 Å². The Kier molecular flexibility index (Phi) is 4.52. The highest BCUT2D eigenvalue weighted by molar-refractivity contribution is 5.95. The molecule has 5 heteroatoms. The number of amides is 1. The first kappa shape index (κ1) is 16.5. The van der Waals surface area contributed by atoms with Gasteiger partial charge < -0.3 is 19.7 Å². The van der Waals surface area contributed by atoms with Crippen LogP contribution in [0.25, 0.3) is 6.08 Å². The number of benzene rings is 2. The lowest BCUT2D eigenvalue weighted by molar-refractivity contribution is -0.117. The molecule has 1 fully saturated rings. The van der Waals surface area contributed by atoms with E-state index < -0.39 is 0 Å². The Morgan fingerprint density at radius 3 is 2.96 bits per heavy atom. The van der Waals surface area contributed by atoms with Crippen molar-refractivity contribution in [3.8, 4) is 11.5 Å². The SMILES string of the molecule is COc1ccc2c(c1)C=C(CNc1cccc(N3CCCC3=O)c1)CO2. The number of ether oxygens (including phenoxy) is 2. The maximum atomic E-state index is 11.9. The molecule has 1 saturated heterocycles. The lowest BCUT2D eigenvalue weighted by atomic mass is 10.1. The zero-order valence-corrected chi connectivity index (χ0v) is 14.8. The molecule has 2 aliphatic heterocycles. The number of carbonyl (C=O) groups excluding carboxylic acids is 1. The molecule has 134 valence electrons. The minimum absolute atomic E-state index is 0.205. The predicted molar refractivity (Wildman–Crippen MR) is 103 cm³/mol. The number of hydrogen-bond donors (Lipinski definition) is 1. The van der Waals surface area contributed by atoms with Gasteiger partial charge in [0.15, 0.2) is 0 Å². The maximum Gasteiger partial charge on any atom is 0.227 e. The van der Waals surface area contributed by atoms with Gasteiger partial charge in [-0.3, -0.25) is 4.79 Å². The van der Waals surface area contributed by atoms with E-state index in [0.717, 1.165) is 47.0 Å². The van der Waals surface area contributed by atoms with E-state index in [0.29, 0.717) is 19.6 Å². The number of anilines is 2. The van der Waals surface area contributed by atoms with Crippen molar-refractivity contribution in [2.75, 3.05) is 37.0 Å². The molecular weight excluding hydrogens is 328 g/mol. The molecule has 26 heavy (non-hydrogen) atoms. The number of hydrogen-bond acceptors (Lipinski definition) is 4. The van der Waals surface area contributed by atoms with Crippen LogP contribution < -0.4 is 19.7 Å². The van der Waals surface area contributed by atoms with Gasteiger partial charge in [0.05, 0.1) is 7.11 Å².